The summed E-state index contributed by atoms with van der Waals surface area (Å²) in [6.07, 6.45) is 25.7. The van der Waals surface area contributed by atoms with Crippen LogP contribution >= 0.6 is 0 Å². The molecule has 54 heavy (non-hydrogen) atoms. The first-order chi connectivity index (χ1) is 26.6. The van der Waals surface area contributed by atoms with Gasteiger partial charge in [0.1, 0.15) is 0 Å². The molecule has 0 heteroatoms. The van der Waals surface area contributed by atoms with E-state index in [2.05, 4.69) is 186 Å². The minimum Gasteiger partial charge on any atom is -0.0876 e. The zero-order valence-corrected chi connectivity index (χ0v) is 31.6. The molecule has 0 saturated heterocycles. The molecule has 0 heterocycles. The van der Waals surface area contributed by atoms with Gasteiger partial charge in [0.05, 0.1) is 0 Å². The van der Waals surface area contributed by atoms with Crippen molar-refractivity contribution in [3.63, 3.8) is 0 Å². The standard InChI is InChI=1S/C54H44/c1-5-7-15-44-48-21-10-18-42-39(28-30-49(53(42)48)46-17-9-14-34(4)52(44)46)36-24-22-35-23-27-38(32-37(35)26-25-36)40-29-31-50-45-16-8-13-33(3)51(45)41(12-6-2)47-20-11-19-43(40)54(47)50/h5,7-25,27-32,35,37H,6,26H2,1-4H3/b7-5-,41-12-,44-15-. The average molecular weight is 693 g/mol. The molecular formula is C54H44. The number of hydrogen-bond acceptors (Lipinski definition) is 0. The van der Waals surface area contributed by atoms with Gasteiger partial charge in [-0.2, -0.15) is 0 Å². The maximum absolute atomic E-state index is 2.55. The van der Waals surface area contributed by atoms with Crippen LogP contribution in [0.1, 0.15) is 48.9 Å². The molecule has 0 N–H and O–H groups in total. The Kier molecular flexibility index (Phi) is 7.77. The molecule has 0 nitrogen and oxygen atoms in total. The van der Waals surface area contributed by atoms with Crippen molar-refractivity contribution in [2.75, 3.05) is 0 Å². The van der Waals surface area contributed by atoms with E-state index in [4.69, 9.17) is 0 Å². The minimum atomic E-state index is 0.363. The van der Waals surface area contributed by atoms with E-state index in [0.29, 0.717) is 11.8 Å². The highest BCUT2D eigenvalue weighted by atomic mass is 14.3. The molecular weight excluding hydrogens is 649 g/mol. The van der Waals surface area contributed by atoms with E-state index >= 15 is 0 Å². The zero-order chi connectivity index (χ0) is 36.5. The Morgan fingerprint density at radius 1 is 0.556 bits per heavy atom. The highest BCUT2D eigenvalue weighted by Gasteiger charge is 2.23. The normalized spacial score (nSPS) is 18.2. The Bertz CT molecular complexity index is 3140. The van der Waals surface area contributed by atoms with Crippen molar-refractivity contribution >= 4 is 87.9 Å². The molecule has 10 rings (SSSR count). The quantitative estimate of drug-likeness (QED) is 0.127. The van der Waals surface area contributed by atoms with Crippen molar-refractivity contribution in [1.29, 1.82) is 0 Å². The largest absolute Gasteiger partial charge is 0.0876 e. The van der Waals surface area contributed by atoms with Gasteiger partial charge in [0.15, 0.2) is 0 Å². The fourth-order valence-electron chi connectivity index (χ4n) is 9.88. The Morgan fingerprint density at radius 3 is 1.70 bits per heavy atom. The van der Waals surface area contributed by atoms with Crippen molar-refractivity contribution in [2.45, 2.75) is 40.5 Å². The minimum absolute atomic E-state index is 0.363. The number of aryl methyl sites for hydroxylation is 2. The average Bonchev–Trinajstić information content (AvgIpc) is 3.42. The Balaban J connectivity index is 1.09. The van der Waals surface area contributed by atoms with Crippen molar-refractivity contribution in [2.24, 2.45) is 11.8 Å². The fourth-order valence-corrected chi connectivity index (χ4v) is 9.88. The summed E-state index contributed by atoms with van der Waals surface area (Å²) in [6.45, 7) is 8.83. The van der Waals surface area contributed by atoms with Crippen molar-refractivity contribution < 1.29 is 0 Å². The molecule has 0 bridgehead atoms. The van der Waals surface area contributed by atoms with Gasteiger partial charge in [-0.25, -0.2) is 0 Å². The molecule has 260 valence electrons. The first-order valence-corrected chi connectivity index (χ1v) is 19.7. The second-order valence-corrected chi connectivity index (χ2v) is 15.4. The van der Waals surface area contributed by atoms with Gasteiger partial charge in [-0.1, -0.05) is 165 Å². The molecule has 2 atom stereocenters. The topological polar surface area (TPSA) is 0 Å². The van der Waals surface area contributed by atoms with Crippen LogP contribution < -0.4 is 10.4 Å². The molecule has 8 aromatic carbocycles. The van der Waals surface area contributed by atoms with E-state index in [1.807, 2.05) is 0 Å². The van der Waals surface area contributed by atoms with Gasteiger partial charge in [0.2, 0.25) is 0 Å². The number of fused-ring (bicyclic) bond motifs is 5. The van der Waals surface area contributed by atoms with Crippen LogP contribution in [0.25, 0.3) is 87.9 Å². The molecule has 0 fully saturated rings. The monoisotopic (exact) mass is 692 g/mol. The summed E-state index contributed by atoms with van der Waals surface area (Å²) in [4.78, 5) is 0. The van der Waals surface area contributed by atoms with E-state index in [9.17, 15) is 0 Å². The lowest BCUT2D eigenvalue weighted by Crippen LogP contribution is -2.11. The molecule has 2 unspecified atom stereocenters. The van der Waals surface area contributed by atoms with Crippen LogP contribution in [0.5, 0.6) is 0 Å². The highest BCUT2D eigenvalue weighted by Crippen LogP contribution is 2.42. The summed E-state index contributed by atoms with van der Waals surface area (Å²) in [6, 6.07) is 36.8. The first-order valence-electron chi connectivity index (χ1n) is 19.7. The third-order valence-corrected chi connectivity index (χ3v) is 12.3. The molecule has 2 aliphatic carbocycles. The van der Waals surface area contributed by atoms with Gasteiger partial charge in [-0.15, -0.1) is 0 Å². The summed E-state index contributed by atoms with van der Waals surface area (Å²) in [5.41, 5.74) is 7.95. The first kappa shape index (κ1) is 32.7. The van der Waals surface area contributed by atoms with Crippen LogP contribution in [0.3, 0.4) is 0 Å². The summed E-state index contributed by atoms with van der Waals surface area (Å²) in [5, 5.41) is 18.9. The highest BCUT2D eigenvalue weighted by molar-refractivity contribution is 6.25. The Hall–Kier alpha value is -5.98. The summed E-state index contributed by atoms with van der Waals surface area (Å²) in [7, 11) is 0. The summed E-state index contributed by atoms with van der Waals surface area (Å²) >= 11 is 0. The lowest BCUT2D eigenvalue weighted by atomic mass is 9.81. The van der Waals surface area contributed by atoms with Gasteiger partial charge in [-0.3, -0.25) is 0 Å². The second-order valence-electron chi connectivity index (χ2n) is 15.4. The number of rotatable bonds is 4. The maximum atomic E-state index is 2.55. The predicted octanol–water partition coefficient (Wildman–Crippen LogP) is 13.4. The van der Waals surface area contributed by atoms with Crippen molar-refractivity contribution in [1.82, 2.24) is 0 Å². The van der Waals surface area contributed by atoms with Gasteiger partial charge in [0.25, 0.3) is 0 Å². The smallest absolute Gasteiger partial charge is 0.00194 e. The summed E-state index contributed by atoms with van der Waals surface area (Å²) in [5.74, 6) is 0.760. The van der Waals surface area contributed by atoms with Crippen LogP contribution in [-0.2, 0) is 0 Å². The van der Waals surface area contributed by atoms with Crippen LogP contribution in [-0.4, -0.2) is 0 Å². The van der Waals surface area contributed by atoms with Crippen LogP contribution in [0.4, 0.5) is 0 Å². The molecule has 2 aliphatic rings. The molecule has 0 spiro atoms. The molecule has 0 radical (unpaired) electrons. The zero-order valence-electron chi connectivity index (χ0n) is 31.6. The van der Waals surface area contributed by atoms with E-state index in [1.54, 1.807) is 0 Å². The predicted molar refractivity (Wildman–Crippen MR) is 238 cm³/mol. The van der Waals surface area contributed by atoms with Gasteiger partial charge < -0.3 is 0 Å². The van der Waals surface area contributed by atoms with E-state index in [1.165, 1.54) is 108 Å². The fraction of sp³-hybridized carbons (Fsp3) is 0.148. The van der Waals surface area contributed by atoms with Gasteiger partial charge in [0, 0.05) is 5.92 Å². The second kappa shape index (κ2) is 12.9. The number of allylic oxidation sites excluding steroid dienone is 10. The lowest BCUT2D eigenvalue weighted by molar-refractivity contribution is 0.564. The van der Waals surface area contributed by atoms with Crippen LogP contribution in [0.15, 0.2) is 146 Å². The van der Waals surface area contributed by atoms with Gasteiger partial charge in [-0.05, 0) is 148 Å². The van der Waals surface area contributed by atoms with E-state index in [0.717, 1.165) is 12.8 Å². The molecule has 8 aromatic rings. The van der Waals surface area contributed by atoms with E-state index < -0.39 is 0 Å². The lowest BCUT2D eigenvalue weighted by Gasteiger charge is -2.23. The van der Waals surface area contributed by atoms with Gasteiger partial charge >= 0.3 is 0 Å². The van der Waals surface area contributed by atoms with Crippen LogP contribution in [0, 0.1) is 25.7 Å². The number of hydrogen-bond donors (Lipinski definition) is 0. The molecule has 0 aromatic heterocycles. The van der Waals surface area contributed by atoms with Crippen molar-refractivity contribution in [3.05, 3.63) is 178 Å². The summed E-state index contributed by atoms with van der Waals surface area (Å²) < 4.78 is 0. The van der Waals surface area contributed by atoms with Crippen LogP contribution in [0.2, 0.25) is 0 Å². The third kappa shape index (κ3) is 4.90. The third-order valence-electron chi connectivity index (χ3n) is 12.3. The van der Waals surface area contributed by atoms with Crippen molar-refractivity contribution in [3.8, 4) is 0 Å². The Labute approximate surface area is 317 Å². The molecule has 0 saturated carbocycles. The molecule has 0 aliphatic heterocycles. The Morgan fingerprint density at radius 2 is 1.07 bits per heavy atom. The number of benzene rings is 8. The SMILES string of the molecule is C/C=C\C=c1\c2cccc3c(C4=CCC5C=C(c6ccc7c8cccc(C)c8/c(=C\CC)c8cccc6c87)C=CC5C=C4)ccc(c4cccc(C)c14)c32. The maximum Gasteiger partial charge on any atom is 0.00194 e. The molecule has 0 amide bonds. The van der Waals surface area contributed by atoms with E-state index in [-0.39, 0.29) is 0 Å².